The maximum Gasteiger partial charge on any atom is 0.160 e. The maximum absolute atomic E-state index is 13.4. The highest BCUT2D eigenvalue weighted by Crippen LogP contribution is 2.62. The highest BCUT2D eigenvalue weighted by atomic mass is 35.5. The fourth-order valence-electron chi connectivity index (χ4n) is 24.4. The minimum Gasteiger partial charge on any atom is -0.497 e. The van der Waals surface area contributed by atoms with Gasteiger partial charge in [-0.2, -0.15) is 0 Å². The lowest BCUT2D eigenvalue weighted by molar-refractivity contribution is -0.119. The Balaban J connectivity index is 0.000000117. The number of methoxy groups -OCH3 is 2. The normalized spacial score (nSPS) is 24.6. The predicted octanol–water partition coefficient (Wildman–Crippen LogP) is 26.7. The first-order valence-electron chi connectivity index (χ1n) is 45.6. The molecule has 12 nitrogen and oxygen atoms in total. The van der Waals surface area contributed by atoms with Crippen molar-refractivity contribution >= 4 is 97.2 Å². The minimum absolute atomic E-state index is 0.0251. The number of thiazole rings is 5. The average Bonchev–Trinajstić information content (AvgIpc) is 1.73. The molecule has 0 bridgehead atoms. The Labute approximate surface area is 776 Å². The fraction of sp³-hybridized carbons (Fsp3) is 0.450. The van der Waals surface area contributed by atoms with Crippen molar-refractivity contribution in [3.63, 3.8) is 0 Å². The third-order valence-electron chi connectivity index (χ3n) is 29.1. The van der Waals surface area contributed by atoms with Crippen molar-refractivity contribution in [1.29, 1.82) is 0 Å². The van der Waals surface area contributed by atoms with E-state index < -0.39 is 16.2 Å². The number of ketones is 5. The molecule has 0 aliphatic heterocycles. The molecule has 5 heterocycles. The maximum atomic E-state index is 13.4. The summed E-state index contributed by atoms with van der Waals surface area (Å²) in [6, 6.07) is 41.9. The van der Waals surface area contributed by atoms with Crippen LogP contribution in [-0.2, 0) is 83.2 Å². The lowest BCUT2D eigenvalue weighted by atomic mass is 9.59. The van der Waals surface area contributed by atoms with E-state index >= 15 is 0 Å². The number of fused-ring (bicyclic) bond motifs is 5. The molecule has 127 heavy (non-hydrogen) atoms. The van der Waals surface area contributed by atoms with Crippen molar-refractivity contribution in [2.24, 2.45) is 27.1 Å². The molecule has 5 aromatic heterocycles. The second kappa shape index (κ2) is 34.8. The number of rotatable bonds is 12. The molecule has 0 saturated carbocycles. The number of carbonyl (C=O) groups excluding carboxylic acids is 5. The number of allylic oxidation sites excluding steroid dienone is 10. The van der Waals surface area contributed by atoms with Crippen molar-refractivity contribution in [2.45, 2.75) is 273 Å². The molecule has 10 aliphatic carbocycles. The molecule has 10 aromatic rings. The van der Waals surface area contributed by atoms with Gasteiger partial charge in [-0.15, -0.1) is 56.7 Å². The number of aromatic nitrogens is 5. The SMILES string of the molecule is CC[C@@]1(c2cccc(C)c2)C2=C(Cc3ncsc31)CC(C)(C)CC2=O.CC[C@@]1(c2cccc(OC)c2)C2=C(Cc3ncsc31)CC(C)(C)CC2=O.CC[C@]1(c2cccc(C)c2)C2=C(Cc3ncsc31)CC(C)(C)CC2=O.CC[C@]1(c2cccc(Cl)c2)C2=C(Cc3ncsc31)CC(C)(C)CC2=O.CC[C@]1(c2cccc(OC)c2)C2=C(Cc3ncsc31)CC(C)(C)CC2=O. The van der Waals surface area contributed by atoms with Crippen LogP contribution in [-0.4, -0.2) is 68.1 Å². The first kappa shape index (κ1) is 91.5. The molecule has 0 spiro atoms. The van der Waals surface area contributed by atoms with E-state index in [9.17, 15) is 24.0 Å². The van der Waals surface area contributed by atoms with Gasteiger partial charge >= 0.3 is 0 Å². The van der Waals surface area contributed by atoms with Crippen LogP contribution in [0.1, 0.15) is 292 Å². The van der Waals surface area contributed by atoms with Crippen LogP contribution in [0.2, 0.25) is 5.02 Å². The molecule has 0 saturated heterocycles. The van der Waals surface area contributed by atoms with E-state index in [4.69, 9.17) is 21.1 Å². The number of hydrogen-bond donors (Lipinski definition) is 0. The van der Waals surface area contributed by atoms with Gasteiger partial charge in [-0.1, -0.05) is 239 Å². The van der Waals surface area contributed by atoms with Crippen molar-refractivity contribution < 1.29 is 33.4 Å². The molecule has 20 rings (SSSR count). The second-order valence-corrected chi connectivity index (χ2v) is 45.8. The van der Waals surface area contributed by atoms with Crippen molar-refractivity contribution in [2.75, 3.05) is 14.2 Å². The zero-order valence-corrected chi connectivity index (χ0v) is 82.4. The van der Waals surface area contributed by atoms with E-state index in [1.807, 2.05) is 70.0 Å². The molecular formula is C109H122ClN5O7S5. The third-order valence-corrected chi connectivity index (χ3v) is 34.5. The van der Waals surface area contributed by atoms with Crippen LogP contribution in [0.25, 0.3) is 0 Å². The molecule has 5 aromatic carbocycles. The number of carbonyl (C=O) groups is 5. The summed E-state index contributed by atoms with van der Waals surface area (Å²) in [6.45, 7) is 37.3. The van der Waals surface area contributed by atoms with Gasteiger partial charge in [-0.3, -0.25) is 24.0 Å². The summed E-state index contributed by atoms with van der Waals surface area (Å²) in [5.74, 6) is 3.25. The van der Waals surface area contributed by atoms with Gasteiger partial charge in [0.2, 0.25) is 0 Å². The summed E-state index contributed by atoms with van der Waals surface area (Å²) in [7, 11) is 3.38. The summed E-state index contributed by atoms with van der Waals surface area (Å²) < 4.78 is 11.0. The molecule has 10 aliphatic rings. The van der Waals surface area contributed by atoms with Gasteiger partial charge in [0.15, 0.2) is 28.9 Å². The largest absolute Gasteiger partial charge is 0.497 e. The predicted molar refractivity (Wildman–Crippen MR) is 519 cm³/mol. The first-order valence-corrected chi connectivity index (χ1v) is 50.3. The molecule has 5 atom stereocenters. The van der Waals surface area contributed by atoms with Gasteiger partial charge in [0.05, 0.1) is 97.3 Å². The Morgan fingerprint density at radius 1 is 0.299 bits per heavy atom. The number of ether oxygens (including phenoxy) is 2. The van der Waals surface area contributed by atoms with Crippen molar-refractivity contribution in [3.05, 3.63) is 301 Å². The van der Waals surface area contributed by atoms with Crippen LogP contribution in [0.3, 0.4) is 0 Å². The highest BCUT2D eigenvalue weighted by Gasteiger charge is 2.57. The van der Waals surface area contributed by atoms with Crippen molar-refractivity contribution in [3.8, 4) is 11.5 Å². The highest BCUT2D eigenvalue weighted by molar-refractivity contribution is 7.11. The molecule has 0 unspecified atom stereocenters. The molecule has 18 heteroatoms. The number of halogens is 1. The Bertz CT molecular complexity index is 5720. The smallest absolute Gasteiger partial charge is 0.160 e. The van der Waals surface area contributed by atoms with Crippen LogP contribution >= 0.6 is 68.3 Å². The Kier molecular flexibility index (Phi) is 25.1. The monoisotopic (exact) mass is 1810 g/mol. The van der Waals surface area contributed by atoms with E-state index in [0.717, 1.165) is 169 Å². The second-order valence-electron chi connectivity index (χ2n) is 41.1. The van der Waals surface area contributed by atoms with Crippen LogP contribution in [0, 0.1) is 40.9 Å². The van der Waals surface area contributed by atoms with Crippen LogP contribution in [0.4, 0.5) is 0 Å². The van der Waals surface area contributed by atoms with Gasteiger partial charge in [0.1, 0.15) is 11.5 Å². The van der Waals surface area contributed by atoms with Crippen molar-refractivity contribution in [1.82, 2.24) is 24.9 Å². The number of benzene rings is 5. The summed E-state index contributed by atoms with van der Waals surface area (Å²) in [5.41, 5.74) is 34.0. The van der Waals surface area contributed by atoms with Crippen LogP contribution in [0.15, 0.2) is 205 Å². The Morgan fingerprint density at radius 2 is 0.512 bits per heavy atom. The van der Waals surface area contributed by atoms with Gasteiger partial charge in [-0.05, 0) is 169 Å². The molecule has 0 amide bonds. The van der Waals surface area contributed by atoms with Gasteiger partial charge < -0.3 is 9.47 Å². The number of nitrogens with zero attached hydrogens (tertiary/aromatic N) is 5. The number of aryl methyl sites for hydroxylation is 2. The number of Topliss-reactive ketones (excluding diaryl/α,β-unsaturated/α-hetero) is 5. The lowest BCUT2D eigenvalue weighted by Gasteiger charge is -2.44. The summed E-state index contributed by atoms with van der Waals surface area (Å²) >= 11 is 14.8. The minimum atomic E-state index is -0.400. The molecular weight excluding hydrogens is 1690 g/mol. The lowest BCUT2D eigenvalue weighted by Crippen LogP contribution is -2.42. The Hall–Kier alpha value is -8.81. The summed E-state index contributed by atoms with van der Waals surface area (Å²) in [6.07, 6.45) is 16.5. The summed E-state index contributed by atoms with van der Waals surface area (Å²) in [5, 5.41) is 0.715. The van der Waals surface area contributed by atoms with E-state index in [1.165, 1.54) is 85.9 Å². The van der Waals surface area contributed by atoms with Crippen LogP contribution in [0.5, 0.6) is 11.5 Å². The van der Waals surface area contributed by atoms with E-state index in [-0.39, 0.29) is 37.9 Å². The molecule has 0 radical (unpaired) electrons. The molecule has 0 fully saturated rings. The molecule has 0 N–H and O–H groups in total. The van der Waals surface area contributed by atoms with E-state index in [1.54, 1.807) is 70.9 Å². The molecule has 662 valence electrons. The zero-order chi connectivity index (χ0) is 90.5. The van der Waals surface area contributed by atoms with E-state index in [2.05, 4.69) is 221 Å². The third kappa shape index (κ3) is 16.2. The van der Waals surface area contributed by atoms with Crippen LogP contribution < -0.4 is 9.47 Å². The quantitative estimate of drug-likeness (QED) is 0.114. The topological polar surface area (TPSA) is 168 Å². The number of hydrogen-bond acceptors (Lipinski definition) is 17. The summed E-state index contributed by atoms with van der Waals surface area (Å²) in [4.78, 5) is 96.4. The average molecular weight is 1810 g/mol. The Morgan fingerprint density at radius 3 is 0.724 bits per heavy atom. The zero-order valence-electron chi connectivity index (χ0n) is 77.6. The standard InChI is InChI=1S/2C22H25NO2S.2C22H25NOS.C21H22ClNOS/c2*1-5-22(15-7-6-8-16(10-15)25-4)19-14(9-17-20(22)26-13-23-17)11-21(2,3)12-18(19)24;2*1-5-22(16-8-6-7-14(2)9-16)19-15(10-17-20(22)25-13-23-17)11-21(3,4)12-18(19)24;1-4-21(14-6-5-7-15(22)9-14)18-13(8-16-19(21)25-12-23-16)10-20(2,3)11-17(18)24/h2*6-8,10,13H,5,9,11-12H2,1-4H3;2*6-9,13H,5,10-12H2,1-4H3;5-7,9,12H,4,8,10-11H2,1-3H3/t4*22-;21-/m10100/s1. The van der Waals surface area contributed by atoms with Gasteiger partial charge in [0.25, 0.3) is 0 Å². The van der Waals surface area contributed by atoms with E-state index in [0.29, 0.717) is 66.0 Å². The van der Waals surface area contributed by atoms with Gasteiger partial charge in [0, 0.05) is 121 Å². The fourth-order valence-corrected chi connectivity index (χ4v) is 30.2. The van der Waals surface area contributed by atoms with Gasteiger partial charge in [-0.25, -0.2) is 24.9 Å². The first-order chi connectivity index (χ1) is 60.4.